The second-order valence-electron chi connectivity index (χ2n) is 7.05. The van der Waals surface area contributed by atoms with Crippen molar-refractivity contribution < 1.29 is 14.0 Å². The quantitative estimate of drug-likeness (QED) is 0.685. The van der Waals surface area contributed by atoms with Gasteiger partial charge >= 0.3 is 0 Å². The van der Waals surface area contributed by atoms with Gasteiger partial charge in [-0.25, -0.2) is 9.07 Å². The second kappa shape index (κ2) is 8.26. The van der Waals surface area contributed by atoms with Crippen molar-refractivity contribution in [2.75, 3.05) is 12.4 Å². The molecule has 2 amide bonds. The number of amides is 2. The number of anilines is 1. The molecule has 0 radical (unpaired) electrons. The Bertz CT molecular complexity index is 1060. The third kappa shape index (κ3) is 4.18. The number of hydrogen-bond donors (Lipinski definition) is 2. The van der Waals surface area contributed by atoms with Crippen molar-refractivity contribution >= 4 is 17.5 Å². The number of rotatable bonds is 5. The molecule has 150 valence electrons. The van der Waals surface area contributed by atoms with Gasteiger partial charge in [-0.2, -0.15) is 5.10 Å². The van der Waals surface area contributed by atoms with Gasteiger partial charge < -0.3 is 10.6 Å². The summed E-state index contributed by atoms with van der Waals surface area (Å²) in [6.07, 6.45) is 1.52. The maximum atomic E-state index is 13.3. The van der Waals surface area contributed by atoms with Crippen LogP contribution in [0.3, 0.4) is 0 Å². The van der Waals surface area contributed by atoms with Gasteiger partial charge in [0.15, 0.2) is 0 Å². The highest BCUT2D eigenvalue weighted by molar-refractivity contribution is 6.06. The van der Waals surface area contributed by atoms with Gasteiger partial charge in [0, 0.05) is 18.3 Å². The van der Waals surface area contributed by atoms with Crippen molar-refractivity contribution in [2.45, 2.75) is 26.7 Å². The van der Waals surface area contributed by atoms with Crippen LogP contribution in [0.2, 0.25) is 0 Å². The average molecular weight is 394 g/mol. The Morgan fingerprint density at radius 1 is 1.07 bits per heavy atom. The summed E-state index contributed by atoms with van der Waals surface area (Å²) in [5.74, 6) is -0.799. The van der Waals surface area contributed by atoms with E-state index in [1.165, 1.54) is 18.3 Å². The molecule has 0 fully saturated rings. The van der Waals surface area contributed by atoms with Crippen LogP contribution in [0.1, 0.15) is 51.7 Å². The number of carbonyl (C=O) groups excluding carboxylic acids is 2. The summed E-state index contributed by atoms with van der Waals surface area (Å²) in [4.78, 5) is 24.7. The molecule has 0 saturated carbocycles. The smallest absolute Gasteiger partial charge is 0.259 e. The van der Waals surface area contributed by atoms with Gasteiger partial charge in [0.05, 0.1) is 23.1 Å². The normalized spacial score (nSPS) is 10.8. The predicted octanol–water partition coefficient (Wildman–Crippen LogP) is 4.06. The fraction of sp³-hybridized carbons (Fsp3) is 0.227. The monoisotopic (exact) mass is 394 g/mol. The van der Waals surface area contributed by atoms with E-state index in [-0.39, 0.29) is 23.5 Å². The molecule has 0 aliphatic heterocycles. The lowest BCUT2D eigenvalue weighted by atomic mass is 10.0. The molecule has 2 N–H and O–H groups in total. The van der Waals surface area contributed by atoms with Gasteiger partial charge in [0.25, 0.3) is 11.8 Å². The standard InChI is InChI=1S/C22H23FN4O2/c1-13(2)20-18(12-25-27(20)17-8-6-16(23)7-9-17)22(29)26-19-10-5-15(11-14(19)3)21(28)24-4/h5-13H,1-4H3,(H,24,28)(H,26,29). The fourth-order valence-corrected chi connectivity index (χ4v) is 3.16. The molecule has 6 nitrogen and oxygen atoms in total. The number of hydrogen-bond acceptors (Lipinski definition) is 3. The summed E-state index contributed by atoms with van der Waals surface area (Å²) in [5.41, 5.74) is 3.77. The molecule has 3 rings (SSSR count). The zero-order valence-corrected chi connectivity index (χ0v) is 16.8. The lowest BCUT2D eigenvalue weighted by Gasteiger charge is -2.14. The highest BCUT2D eigenvalue weighted by Crippen LogP contribution is 2.25. The summed E-state index contributed by atoms with van der Waals surface area (Å²) < 4.78 is 14.9. The van der Waals surface area contributed by atoms with Crippen molar-refractivity contribution in [3.8, 4) is 5.69 Å². The van der Waals surface area contributed by atoms with Gasteiger partial charge in [0.2, 0.25) is 0 Å². The van der Waals surface area contributed by atoms with Crippen LogP contribution < -0.4 is 10.6 Å². The van der Waals surface area contributed by atoms with E-state index >= 15 is 0 Å². The number of aryl methyl sites for hydroxylation is 1. The molecule has 0 atom stereocenters. The molecule has 7 heteroatoms. The number of benzene rings is 2. The molecular formula is C22H23FN4O2. The Morgan fingerprint density at radius 3 is 2.34 bits per heavy atom. The van der Waals surface area contributed by atoms with Gasteiger partial charge in [-0.15, -0.1) is 0 Å². The molecular weight excluding hydrogens is 371 g/mol. The van der Waals surface area contributed by atoms with Crippen molar-refractivity contribution in [3.63, 3.8) is 0 Å². The molecule has 29 heavy (non-hydrogen) atoms. The van der Waals surface area contributed by atoms with Crippen LogP contribution in [0, 0.1) is 12.7 Å². The molecule has 0 bridgehead atoms. The summed E-state index contributed by atoms with van der Waals surface area (Å²) in [6.45, 7) is 5.77. The van der Waals surface area contributed by atoms with Gasteiger partial charge in [-0.1, -0.05) is 13.8 Å². The molecule has 3 aromatic rings. The van der Waals surface area contributed by atoms with Crippen LogP contribution in [0.4, 0.5) is 10.1 Å². The maximum absolute atomic E-state index is 13.3. The number of halogens is 1. The number of aromatic nitrogens is 2. The molecule has 0 aliphatic rings. The number of carbonyl (C=O) groups is 2. The van der Waals surface area contributed by atoms with Crippen LogP contribution in [-0.2, 0) is 0 Å². The molecule has 1 aromatic heterocycles. The molecule has 0 saturated heterocycles. The van der Waals surface area contributed by atoms with E-state index in [2.05, 4.69) is 15.7 Å². The molecule has 1 heterocycles. The lowest BCUT2D eigenvalue weighted by Crippen LogP contribution is -2.19. The minimum absolute atomic E-state index is 0.0139. The topological polar surface area (TPSA) is 76.0 Å². The minimum Gasteiger partial charge on any atom is -0.355 e. The summed E-state index contributed by atoms with van der Waals surface area (Å²) in [6, 6.07) is 11.1. The number of nitrogens with one attached hydrogen (secondary N) is 2. The fourth-order valence-electron chi connectivity index (χ4n) is 3.16. The first kappa shape index (κ1) is 20.3. The largest absolute Gasteiger partial charge is 0.355 e. The lowest BCUT2D eigenvalue weighted by molar-refractivity contribution is 0.0962. The summed E-state index contributed by atoms with van der Waals surface area (Å²) in [7, 11) is 1.57. The minimum atomic E-state index is -0.333. The zero-order valence-electron chi connectivity index (χ0n) is 16.8. The highest BCUT2D eigenvalue weighted by atomic mass is 19.1. The van der Waals surface area contributed by atoms with E-state index in [0.717, 1.165) is 11.3 Å². The SMILES string of the molecule is CNC(=O)c1ccc(NC(=O)c2cnn(-c3ccc(F)cc3)c2C(C)C)c(C)c1. The van der Waals surface area contributed by atoms with E-state index in [1.54, 1.807) is 42.1 Å². The third-order valence-corrected chi connectivity index (χ3v) is 4.63. The maximum Gasteiger partial charge on any atom is 0.259 e. The van der Waals surface area contributed by atoms with Crippen molar-refractivity contribution in [1.29, 1.82) is 0 Å². The van der Waals surface area contributed by atoms with E-state index in [1.807, 2.05) is 20.8 Å². The Hall–Kier alpha value is -3.48. The van der Waals surface area contributed by atoms with Crippen LogP contribution in [0.5, 0.6) is 0 Å². The number of nitrogens with zero attached hydrogens (tertiary/aromatic N) is 2. The molecule has 0 unspecified atom stereocenters. The first-order valence-electron chi connectivity index (χ1n) is 9.29. The summed E-state index contributed by atoms with van der Waals surface area (Å²) in [5, 5.41) is 9.82. The van der Waals surface area contributed by atoms with Gasteiger partial charge in [0.1, 0.15) is 5.82 Å². The Balaban J connectivity index is 1.92. The van der Waals surface area contributed by atoms with Crippen molar-refractivity contribution in [1.82, 2.24) is 15.1 Å². The third-order valence-electron chi connectivity index (χ3n) is 4.63. The van der Waals surface area contributed by atoms with Crippen LogP contribution in [0.25, 0.3) is 5.69 Å². The Labute approximate surface area is 168 Å². The van der Waals surface area contributed by atoms with Crippen LogP contribution in [0.15, 0.2) is 48.7 Å². The second-order valence-corrected chi connectivity index (χ2v) is 7.05. The van der Waals surface area contributed by atoms with Crippen molar-refractivity contribution in [2.24, 2.45) is 0 Å². The van der Waals surface area contributed by atoms with Gasteiger partial charge in [-0.3, -0.25) is 9.59 Å². The van der Waals surface area contributed by atoms with Crippen LogP contribution >= 0.6 is 0 Å². The molecule has 0 aliphatic carbocycles. The Kier molecular flexibility index (Phi) is 5.77. The first-order valence-corrected chi connectivity index (χ1v) is 9.29. The Morgan fingerprint density at radius 2 is 1.76 bits per heavy atom. The van der Waals surface area contributed by atoms with Gasteiger partial charge in [-0.05, 0) is 60.9 Å². The van der Waals surface area contributed by atoms with Crippen LogP contribution in [-0.4, -0.2) is 28.6 Å². The average Bonchev–Trinajstić information content (AvgIpc) is 3.15. The van der Waals surface area contributed by atoms with E-state index in [0.29, 0.717) is 22.5 Å². The highest BCUT2D eigenvalue weighted by Gasteiger charge is 2.21. The molecule has 2 aromatic carbocycles. The van der Waals surface area contributed by atoms with E-state index in [9.17, 15) is 14.0 Å². The van der Waals surface area contributed by atoms with E-state index < -0.39 is 0 Å². The van der Waals surface area contributed by atoms with E-state index in [4.69, 9.17) is 0 Å². The predicted molar refractivity (Wildman–Crippen MR) is 110 cm³/mol. The molecule has 0 spiro atoms. The summed E-state index contributed by atoms with van der Waals surface area (Å²) >= 11 is 0. The van der Waals surface area contributed by atoms with Crippen molar-refractivity contribution in [3.05, 3.63) is 76.9 Å². The zero-order chi connectivity index (χ0) is 21.1. The first-order chi connectivity index (χ1) is 13.8.